The second-order valence-electron chi connectivity index (χ2n) is 13.5. The molecule has 0 fully saturated rings. The Morgan fingerprint density at radius 1 is 0.522 bits per heavy atom. The molecule has 2 N–H and O–H groups in total. The molecular weight excluding hydrogens is 594 g/mol. The summed E-state index contributed by atoms with van der Waals surface area (Å²) in [7, 11) is 0. The van der Waals surface area contributed by atoms with Gasteiger partial charge in [-0.05, 0) is 19.8 Å². The van der Waals surface area contributed by atoms with E-state index in [0.29, 0.717) is 24.3 Å². The number of rotatable bonds is 36. The van der Waals surface area contributed by atoms with Crippen molar-refractivity contribution >= 4 is 29.5 Å². The van der Waals surface area contributed by atoms with Crippen LogP contribution in [-0.2, 0) is 23.9 Å². The Kier molecular flexibility index (Phi) is 34.4. The molecule has 0 aromatic carbocycles. The Bertz CT molecular complexity index is 704. The third-order valence-electron chi connectivity index (χ3n) is 8.82. The molecule has 272 valence electrons. The summed E-state index contributed by atoms with van der Waals surface area (Å²) < 4.78 is 11.2. The molecule has 0 rings (SSSR count). The maximum Gasteiger partial charge on any atom is 0.306 e. The number of ketones is 1. The first kappa shape index (κ1) is 44.9. The number of carbonyl (C=O) groups is 3. The normalized spacial score (nSPS) is 12.6. The van der Waals surface area contributed by atoms with Crippen LogP contribution in [0.3, 0.4) is 0 Å². The zero-order valence-electron chi connectivity index (χ0n) is 30.6. The lowest BCUT2D eigenvalue weighted by Crippen LogP contribution is -2.32. The Hall–Kier alpha value is -1.08. The van der Waals surface area contributed by atoms with Gasteiger partial charge in [0.25, 0.3) is 0 Å². The van der Waals surface area contributed by atoms with Gasteiger partial charge in [-0.15, -0.1) is 0 Å². The van der Waals surface area contributed by atoms with E-state index in [9.17, 15) is 14.4 Å². The molecule has 0 aliphatic rings. The SMILES string of the molecule is CCCCCCCCCCCCCCCC(=O)OC[C@H](CSC[C@H](N)C(C)=O)OC(=O)CCCCCCCCCCCCCCC. The molecule has 0 unspecified atom stereocenters. The van der Waals surface area contributed by atoms with Crippen molar-refractivity contribution in [1.82, 2.24) is 0 Å². The first-order valence-corrected chi connectivity index (χ1v) is 20.7. The number of thioether (sulfide) groups is 1. The summed E-state index contributed by atoms with van der Waals surface area (Å²) >= 11 is 1.46. The Morgan fingerprint density at radius 2 is 0.870 bits per heavy atom. The van der Waals surface area contributed by atoms with E-state index in [1.165, 1.54) is 147 Å². The van der Waals surface area contributed by atoms with Crippen LogP contribution >= 0.6 is 11.8 Å². The molecule has 0 bridgehead atoms. The van der Waals surface area contributed by atoms with Gasteiger partial charge in [0.05, 0.1) is 6.04 Å². The van der Waals surface area contributed by atoms with Gasteiger partial charge in [-0.3, -0.25) is 14.4 Å². The van der Waals surface area contributed by atoms with Crippen LogP contribution in [0.2, 0.25) is 0 Å². The molecule has 0 aliphatic carbocycles. The maximum absolute atomic E-state index is 12.6. The molecule has 6 nitrogen and oxygen atoms in total. The minimum Gasteiger partial charge on any atom is -0.462 e. The van der Waals surface area contributed by atoms with Crippen molar-refractivity contribution in [1.29, 1.82) is 0 Å². The number of unbranched alkanes of at least 4 members (excludes halogenated alkanes) is 24. The van der Waals surface area contributed by atoms with Crippen molar-refractivity contribution in [2.45, 2.75) is 213 Å². The van der Waals surface area contributed by atoms with E-state index < -0.39 is 12.1 Å². The van der Waals surface area contributed by atoms with Gasteiger partial charge in [-0.25, -0.2) is 0 Å². The van der Waals surface area contributed by atoms with Crippen molar-refractivity contribution in [2.75, 3.05) is 18.1 Å². The van der Waals surface area contributed by atoms with E-state index in [0.717, 1.165) is 38.5 Å². The van der Waals surface area contributed by atoms with Crippen molar-refractivity contribution < 1.29 is 23.9 Å². The molecule has 0 saturated heterocycles. The topological polar surface area (TPSA) is 95.7 Å². The Balaban J connectivity index is 4.06. The van der Waals surface area contributed by atoms with E-state index in [-0.39, 0.29) is 24.3 Å². The van der Waals surface area contributed by atoms with Crippen LogP contribution in [0.5, 0.6) is 0 Å². The van der Waals surface area contributed by atoms with Crippen LogP contribution < -0.4 is 5.73 Å². The summed E-state index contributed by atoms with van der Waals surface area (Å²) in [5.41, 5.74) is 5.86. The standard InChI is InChI=1S/C39H75NO5S/c1-4-6-8-10-12-14-16-18-20-22-24-26-28-30-38(42)44-32-36(33-46-34-37(40)35(3)41)45-39(43)31-29-27-25-23-21-19-17-15-13-11-9-7-5-2/h36-37H,4-34,40H2,1-3H3/t36-,37+/m1/s1. The quantitative estimate of drug-likeness (QED) is 0.0524. The van der Waals surface area contributed by atoms with Gasteiger partial charge in [-0.2, -0.15) is 11.8 Å². The van der Waals surface area contributed by atoms with Gasteiger partial charge >= 0.3 is 11.9 Å². The van der Waals surface area contributed by atoms with Crippen molar-refractivity contribution in [3.63, 3.8) is 0 Å². The summed E-state index contributed by atoms with van der Waals surface area (Å²) in [6.07, 6.45) is 33.1. The summed E-state index contributed by atoms with van der Waals surface area (Å²) in [6.45, 7) is 6.06. The molecule has 0 radical (unpaired) electrons. The van der Waals surface area contributed by atoms with Gasteiger partial charge in [-0.1, -0.05) is 168 Å². The lowest BCUT2D eigenvalue weighted by molar-refractivity contribution is -0.157. The second kappa shape index (κ2) is 35.2. The highest BCUT2D eigenvalue weighted by atomic mass is 32.2. The van der Waals surface area contributed by atoms with Crippen molar-refractivity contribution in [3.8, 4) is 0 Å². The second-order valence-corrected chi connectivity index (χ2v) is 14.6. The summed E-state index contributed by atoms with van der Waals surface area (Å²) in [4.78, 5) is 36.4. The molecule has 0 spiro atoms. The number of hydrogen-bond acceptors (Lipinski definition) is 7. The third-order valence-corrected chi connectivity index (χ3v) is 10.0. The van der Waals surface area contributed by atoms with Gasteiger partial charge in [0.1, 0.15) is 18.5 Å². The lowest BCUT2D eigenvalue weighted by Gasteiger charge is -2.18. The molecule has 0 aromatic rings. The van der Waals surface area contributed by atoms with Crippen LogP contribution in [0.25, 0.3) is 0 Å². The number of ether oxygens (including phenoxy) is 2. The number of esters is 2. The summed E-state index contributed by atoms with van der Waals surface area (Å²) in [6, 6.07) is -0.537. The molecule has 0 aromatic heterocycles. The molecular formula is C39H75NO5S. The molecule has 0 aliphatic heterocycles. The Morgan fingerprint density at radius 3 is 1.24 bits per heavy atom. The molecule has 2 atom stereocenters. The highest BCUT2D eigenvalue weighted by Crippen LogP contribution is 2.16. The highest BCUT2D eigenvalue weighted by molar-refractivity contribution is 7.99. The molecule has 0 amide bonds. The fourth-order valence-electron chi connectivity index (χ4n) is 5.64. The summed E-state index contributed by atoms with van der Waals surface area (Å²) in [5.74, 6) is 0.378. The average Bonchev–Trinajstić information content (AvgIpc) is 3.04. The van der Waals surface area contributed by atoms with Gasteiger partial charge < -0.3 is 15.2 Å². The first-order valence-electron chi connectivity index (χ1n) is 19.6. The fraction of sp³-hybridized carbons (Fsp3) is 0.923. The molecule has 0 saturated carbocycles. The smallest absolute Gasteiger partial charge is 0.306 e. The Labute approximate surface area is 289 Å². The van der Waals surface area contributed by atoms with Crippen LogP contribution in [0, 0.1) is 0 Å². The third kappa shape index (κ3) is 32.8. The molecule has 7 heteroatoms. The van der Waals surface area contributed by atoms with Gasteiger partial charge in [0, 0.05) is 24.3 Å². The fourth-order valence-corrected chi connectivity index (χ4v) is 6.69. The first-order chi connectivity index (χ1) is 22.4. The minimum atomic E-state index is -0.537. The van der Waals surface area contributed by atoms with Crippen molar-refractivity contribution in [3.05, 3.63) is 0 Å². The zero-order valence-corrected chi connectivity index (χ0v) is 31.4. The van der Waals surface area contributed by atoms with Crippen molar-refractivity contribution in [2.24, 2.45) is 5.73 Å². The predicted octanol–water partition coefficient (Wildman–Crippen LogP) is 11.1. The van der Waals surface area contributed by atoms with E-state index in [1.54, 1.807) is 0 Å². The van der Waals surface area contributed by atoms with Crippen LogP contribution in [-0.4, -0.2) is 48.0 Å². The van der Waals surface area contributed by atoms with Gasteiger partial charge in [0.2, 0.25) is 0 Å². The maximum atomic E-state index is 12.6. The largest absolute Gasteiger partial charge is 0.462 e. The highest BCUT2D eigenvalue weighted by Gasteiger charge is 2.18. The number of carbonyl (C=O) groups excluding carboxylic acids is 3. The van der Waals surface area contributed by atoms with E-state index >= 15 is 0 Å². The van der Waals surface area contributed by atoms with E-state index in [4.69, 9.17) is 15.2 Å². The average molecular weight is 670 g/mol. The molecule has 0 heterocycles. The number of nitrogens with two attached hydrogens (primary N) is 1. The van der Waals surface area contributed by atoms with E-state index in [1.807, 2.05) is 0 Å². The predicted molar refractivity (Wildman–Crippen MR) is 197 cm³/mol. The molecule has 46 heavy (non-hydrogen) atoms. The van der Waals surface area contributed by atoms with E-state index in [2.05, 4.69) is 13.8 Å². The minimum absolute atomic E-state index is 0.0595. The number of Topliss-reactive ketones (excluding diaryl/α,β-unsaturated/α-hetero) is 1. The van der Waals surface area contributed by atoms with Crippen LogP contribution in [0.1, 0.15) is 201 Å². The zero-order chi connectivity index (χ0) is 33.9. The number of hydrogen-bond donors (Lipinski definition) is 1. The monoisotopic (exact) mass is 670 g/mol. The van der Waals surface area contributed by atoms with Gasteiger partial charge in [0.15, 0.2) is 0 Å². The van der Waals surface area contributed by atoms with Crippen LogP contribution in [0.4, 0.5) is 0 Å². The lowest BCUT2D eigenvalue weighted by atomic mass is 10.0. The summed E-state index contributed by atoms with van der Waals surface area (Å²) in [5, 5.41) is 0. The van der Waals surface area contributed by atoms with Crippen LogP contribution in [0.15, 0.2) is 0 Å².